The third-order valence-corrected chi connectivity index (χ3v) is 14.4. The maximum atomic E-state index is 2.58. The van der Waals surface area contributed by atoms with Crippen LogP contribution in [0.5, 0.6) is 0 Å². The van der Waals surface area contributed by atoms with Gasteiger partial charge in [-0.1, -0.05) is 208 Å². The van der Waals surface area contributed by atoms with Gasteiger partial charge in [-0.2, -0.15) is 0 Å². The van der Waals surface area contributed by atoms with Crippen LogP contribution in [0.25, 0.3) is 99.4 Å². The van der Waals surface area contributed by atoms with Crippen LogP contribution in [-0.4, -0.2) is 0 Å². The van der Waals surface area contributed by atoms with Gasteiger partial charge >= 0.3 is 0 Å². The summed E-state index contributed by atoms with van der Waals surface area (Å²) in [7, 11) is 0. The molecule has 0 fully saturated rings. The van der Waals surface area contributed by atoms with E-state index in [-0.39, 0.29) is 5.41 Å². The fourth-order valence-corrected chi connectivity index (χ4v) is 11.3. The molecule has 0 heterocycles. The molecule has 1 nitrogen and oxygen atoms in total. The van der Waals surface area contributed by atoms with Gasteiger partial charge in [0.05, 0.1) is 0 Å². The van der Waals surface area contributed by atoms with Crippen LogP contribution in [0.3, 0.4) is 0 Å². The molecule has 0 spiro atoms. The van der Waals surface area contributed by atoms with Crippen molar-refractivity contribution in [3.8, 4) is 77.9 Å². The summed E-state index contributed by atoms with van der Waals surface area (Å²) in [5.41, 5.74) is 23.8. The Balaban J connectivity index is 1.06. The first-order valence-corrected chi connectivity index (χ1v) is 23.1. The van der Waals surface area contributed by atoms with Gasteiger partial charge in [0.1, 0.15) is 0 Å². The van der Waals surface area contributed by atoms with Crippen molar-refractivity contribution in [2.75, 3.05) is 4.90 Å². The molecule has 0 unspecified atom stereocenters. The third kappa shape index (κ3) is 5.80. The SMILES string of the molecule is CC1(C)c2cc(N(c3ccccc3)c3ccccc3)ccc2-c2c1cc1c3c(cccc23)-c2c-1c(-c1ccc(-c3ccccc3)cc1)c1ccccc1c2-c1ccc(-c2ccccc2)cc1. The second-order valence-corrected chi connectivity index (χ2v) is 18.4. The molecule has 13 rings (SSSR count). The first-order chi connectivity index (χ1) is 32.5. The molecule has 66 heavy (non-hydrogen) atoms. The first kappa shape index (κ1) is 38.2. The Morgan fingerprint density at radius 1 is 0.273 bits per heavy atom. The molecule has 2 aliphatic rings. The van der Waals surface area contributed by atoms with Crippen LogP contribution in [-0.2, 0) is 5.41 Å². The summed E-state index contributed by atoms with van der Waals surface area (Å²) in [6, 6.07) is 87.4. The summed E-state index contributed by atoms with van der Waals surface area (Å²) >= 11 is 0. The van der Waals surface area contributed by atoms with E-state index in [2.05, 4.69) is 255 Å². The Bertz CT molecular complexity index is 3620. The maximum Gasteiger partial charge on any atom is 0.0465 e. The van der Waals surface area contributed by atoms with Gasteiger partial charge in [0.2, 0.25) is 0 Å². The van der Waals surface area contributed by atoms with Gasteiger partial charge in [0, 0.05) is 22.5 Å². The molecule has 0 aromatic heterocycles. The number of benzene rings is 11. The van der Waals surface area contributed by atoms with E-state index in [4.69, 9.17) is 0 Å². The van der Waals surface area contributed by atoms with Gasteiger partial charge in [0.25, 0.3) is 0 Å². The van der Waals surface area contributed by atoms with Crippen molar-refractivity contribution >= 4 is 38.6 Å². The zero-order valence-corrected chi connectivity index (χ0v) is 37.0. The summed E-state index contributed by atoms with van der Waals surface area (Å²) in [5.74, 6) is 0. The molecule has 1 heteroatoms. The highest BCUT2D eigenvalue weighted by Crippen LogP contribution is 2.62. The highest BCUT2D eigenvalue weighted by Gasteiger charge is 2.40. The quantitative estimate of drug-likeness (QED) is 0.155. The minimum absolute atomic E-state index is 0.270. The lowest BCUT2D eigenvalue weighted by atomic mass is 9.79. The molecule has 0 N–H and O–H groups in total. The molecule has 0 radical (unpaired) electrons. The molecule has 0 atom stereocenters. The molecule has 0 saturated carbocycles. The number of hydrogen-bond donors (Lipinski definition) is 0. The predicted molar refractivity (Wildman–Crippen MR) is 280 cm³/mol. The number of para-hydroxylation sites is 2. The van der Waals surface area contributed by atoms with Gasteiger partial charge in [-0.25, -0.2) is 0 Å². The van der Waals surface area contributed by atoms with E-state index in [1.54, 1.807) is 0 Å². The third-order valence-electron chi connectivity index (χ3n) is 14.4. The van der Waals surface area contributed by atoms with Gasteiger partial charge in [-0.05, 0) is 153 Å². The lowest BCUT2D eigenvalue weighted by Gasteiger charge is -2.28. The zero-order valence-electron chi connectivity index (χ0n) is 37.0. The molecule has 11 aromatic rings. The Hall–Kier alpha value is -8.26. The Labute approximate surface area is 386 Å². The summed E-state index contributed by atoms with van der Waals surface area (Å²) in [6.45, 7) is 4.86. The lowest BCUT2D eigenvalue weighted by molar-refractivity contribution is 0.661. The molecular weight excluding hydrogens is 795 g/mol. The van der Waals surface area contributed by atoms with Crippen LogP contribution in [0.2, 0.25) is 0 Å². The maximum absolute atomic E-state index is 2.58. The summed E-state index contributed by atoms with van der Waals surface area (Å²) in [5, 5.41) is 5.19. The predicted octanol–water partition coefficient (Wildman–Crippen LogP) is 18.1. The Morgan fingerprint density at radius 2 is 0.712 bits per heavy atom. The second-order valence-electron chi connectivity index (χ2n) is 18.4. The van der Waals surface area contributed by atoms with Crippen molar-refractivity contribution in [2.24, 2.45) is 0 Å². The van der Waals surface area contributed by atoms with E-state index in [1.807, 2.05) is 0 Å². The molecule has 0 saturated heterocycles. The fourth-order valence-electron chi connectivity index (χ4n) is 11.3. The van der Waals surface area contributed by atoms with E-state index in [1.165, 1.54) is 111 Å². The normalized spacial score (nSPS) is 12.8. The molecule has 11 aromatic carbocycles. The van der Waals surface area contributed by atoms with Crippen molar-refractivity contribution in [1.82, 2.24) is 0 Å². The van der Waals surface area contributed by atoms with Gasteiger partial charge in [0.15, 0.2) is 0 Å². The molecular formula is C65H45N. The topological polar surface area (TPSA) is 3.24 Å². The average Bonchev–Trinajstić information content (AvgIpc) is 3.82. The number of rotatable bonds is 7. The van der Waals surface area contributed by atoms with Crippen LogP contribution >= 0.6 is 0 Å². The van der Waals surface area contributed by atoms with E-state index < -0.39 is 0 Å². The Kier molecular flexibility index (Phi) is 8.63. The van der Waals surface area contributed by atoms with Gasteiger partial charge in [-0.15, -0.1) is 0 Å². The van der Waals surface area contributed by atoms with Crippen LogP contribution in [0, 0.1) is 0 Å². The van der Waals surface area contributed by atoms with Crippen LogP contribution < -0.4 is 4.90 Å². The van der Waals surface area contributed by atoms with Gasteiger partial charge < -0.3 is 4.90 Å². The summed E-state index contributed by atoms with van der Waals surface area (Å²) in [6.07, 6.45) is 0. The van der Waals surface area contributed by atoms with Crippen molar-refractivity contribution < 1.29 is 0 Å². The molecule has 0 bridgehead atoms. The van der Waals surface area contributed by atoms with Crippen molar-refractivity contribution in [2.45, 2.75) is 19.3 Å². The van der Waals surface area contributed by atoms with Crippen molar-refractivity contribution in [3.63, 3.8) is 0 Å². The number of hydrogen-bond acceptors (Lipinski definition) is 1. The van der Waals surface area contributed by atoms with Crippen LogP contribution in [0.4, 0.5) is 17.1 Å². The minimum Gasteiger partial charge on any atom is -0.310 e. The van der Waals surface area contributed by atoms with E-state index in [0.29, 0.717) is 0 Å². The standard InChI is InChI=1S/C65H45N/c1-65(2)57-40-50(66(48-22-11-5-12-23-48)49-24-13-6-14-25-49)38-39-53(57)62-54-28-17-29-55-61(54)56(41-58(62)65)64-60(47-36-32-45(33-37-47)43-20-9-4-10-21-43)52-27-16-15-26-51(52)59(63(55)64)46-34-30-44(31-35-46)42-18-7-3-8-19-42/h3-41H,1-2H3. The van der Waals surface area contributed by atoms with Gasteiger partial charge in [-0.3, -0.25) is 0 Å². The zero-order chi connectivity index (χ0) is 43.9. The highest BCUT2D eigenvalue weighted by atomic mass is 15.1. The van der Waals surface area contributed by atoms with Crippen LogP contribution in [0.1, 0.15) is 25.0 Å². The van der Waals surface area contributed by atoms with Crippen molar-refractivity contribution in [3.05, 3.63) is 248 Å². The molecule has 0 aliphatic heterocycles. The van der Waals surface area contributed by atoms with E-state index in [0.717, 1.165) is 17.1 Å². The summed E-state index contributed by atoms with van der Waals surface area (Å²) < 4.78 is 0. The highest BCUT2D eigenvalue weighted by molar-refractivity contribution is 6.29. The number of anilines is 3. The number of fused-ring (bicyclic) bond motifs is 8. The van der Waals surface area contributed by atoms with Crippen molar-refractivity contribution in [1.29, 1.82) is 0 Å². The molecule has 2 aliphatic carbocycles. The second kappa shape index (κ2) is 14.9. The van der Waals surface area contributed by atoms with Crippen LogP contribution in [0.15, 0.2) is 237 Å². The number of nitrogens with zero attached hydrogens (tertiary/aromatic N) is 1. The minimum atomic E-state index is -0.270. The first-order valence-electron chi connectivity index (χ1n) is 23.1. The monoisotopic (exact) mass is 839 g/mol. The molecule has 310 valence electrons. The largest absolute Gasteiger partial charge is 0.310 e. The van der Waals surface area contributed by atoms with E-state index in [9.17, 15) is 0 Å². The molecule has 0 amide bonds. The van der Waals surface area contributed by atoms with E-state index >= 15 is 0 Å². The lowest BCUT2D eigenvalue weighted by Crippen LogP contribution is -2.16. The fraction of sp³-hybridized carbons (Fsp3) is 0.0462. The smallest absolute Gasteiger partial charge is 0.0465 e. The summed E-state index contributed by atoms with van der Waals surface area (Å²) in [4.78, 5) is 2.38. The average molecular weight is 840 g/mol. The Morgan fingerprint density at radius 3 is 1.24 bits per heavy atom.